The summed E-state index contributed by atoms with van der Waals surface area (Å²) in [7, 11) is 1.69. The zero-order chi connectivity index (χ0) is 15.2. The molecule has 0 aromatic heterocycles. The Morgan fingerprint density at radius 1 is 1.33 bits per heavy atom. The van der Waals surface area contributed by atoms with Crippen LogP contribution in [-0.4, -0.2) is 37.0 Å². The summed E-state index contributed by atoms with van der Waals surface area (Å²) >= 11 is 0. The molecule has 4 heteroatoms. The predicted octanol–water partition coefficient (Wildman–Crippen LogP) is 2.21. The van der Waals surface area contributed by atoms with Crippen LogP contribution < -0.4 is 10.5 Å². The Labute approximate surface area is 127 Å². The van der Waals surface area contributed by atoms with Gasteiger partial charge in [-0.15, -0.1) is 0 Å². The van der Waals surface area contributed by atoms with Gasteiger partial charge < -0.3 is 15.4 Å². The van der Waals surface area contributed by atoms with E-state index in [4.69, 9.17) is 10.5 Å². The van der Waals surface area contributed by atoms with E-state index in [1.807, 2.05) is 17.0 Å². The fourth-order valence-corrected chi connectivity index (χ4v) is 2.89. The Morgan fingerprint density at radius 3 is 2.48 bits per heavy atom. The van der Waals surface area contributed by atoms with Gasteiger partial charge in [0.1, 0.15) is 5.75 Å². The monoisotopic (exact) mass is 290 g/mol. The van der Waals surface area contributed by atoms with Crippen LogP contribution in [0.15, 0.2) is 24.3 Å². The summed E-state index contributed by atoms with van der Waals surface area (Å²) in [5.41, 5.74) is 7.01. The van der Waals surface area contributed by atoms with Crippen molar-refractivity contribution in [2.24, 2.45) is 11.7 Å². The number of nitrogens with two attached hydrogens (primary N) is 1. The molecule has 0 saturated carbocycles. The molecule has 1 fully saturated rings. The van der Waals surface area contributed by atoms with Crippen molar-refractivity contribution in [3.8, 4) is 5.75 Å². The minimum atomic E-state index is -0.374. The second-order valence-corrected chi connectivity index (χ2v) is 5.94. The molecule has 2 rings (SSSR count). The van der Waals surface area contributed by atoms with Gasteiger partial charge in [0.05, 0.1) is 13.2 Å². The Morgan fingerprint density at radius 2 is 1.95 bits per heavy atom. The highest BCUT2D eigenvalue weighted by molar-refractivity contribution is 5.81. The molecule has 0 aliphatic carbocycles. The van der Waals surface area contributed by atoms with Crippen LogP contribution in [0.2, 0.25) is 0 Å². The minimum Gasteiger partial charge on any atom is -0.497 e. The van der Waals surface area contributed by atoms with Crippen LogP contribution in [0, 0.1) is 5.92 Å². The van der Waals surface area contributed by atoms with Crippen molar-refractivity contribution >= 4 is 5.91 Å². The van der Waals surface area contributed by atoms with Crippen LogP contribution in [0.25, 0.3) is 0 Å². The van der Waals surface area contributed by atoms with Crippen LogP contribution >= 0.6 is 0 Å². The zero-order valence-corrected chi connectivity index (χ0v) is 13.0. The first kappa shape index (κ1) is 15.8. The number of amides is 1. The van der Waals surface area contributed by atoms with Gasteiger partial charge in [0.25, 0.3) is 0 Å². The number of nitrogens with zero attached hydrogens (tertiary/aromatic N) is 1. The SMILES string of the molecule is COc1ccc(CCC2CCN(C(=O)[C@@H](C)N)CC2)cc1. The standard InChI is InChI=1S/C17H26N2O2/c1-13(18)17(20)19-11-9-15(10-12-19)4-3-14-5-7-16(21-2)8-6-14/h5-8,13,15H,3-4,9-12,18H2,1-2H3/t13-/m1/s1. The molecule has 0 unspecified atom stereocenters. The number of hydrogen-bond acceptors (Lipinski definition) is 3. The van der Waals surface area contributed by atoms with E-state index in [0.29, 0.717) is 5.92 Å². The maximum absolute atomic E-state index is 11.8. The van der Waals surface area contributed by atoms with Crippen molar-refractivity contribution in [2.45, 2.75) is 38.6 Å². The average Bonchev–Trinajstić information content (AvgIpc) is 2.53. The maximum Gasteiger partial charge on any atom is 0.239 e. The molecule has 1 aliphatic heterocycles. The van der Waals surface area contributed by atoms with Gasteiger partial charge in [0.15, 0.2) is 0 Å². The number of likely N-dealkylation sites (tertiary alicyclic amines) is 1. The molecular weight excluding hydrogens is 264 g/mol. The predicted molar refractivity (Wildman–Crippen MR) is 84.3 cm³/mol. The van der Waals surface area contributed by atoms with Crippen LogP contribution in [0.1, 0.15) is 31.7 Å². The molecule has 0 radical (unpaired) electrons. The molecule has 1 heterocycles. The third kappa shape index (κ3) is 4.46. The first-order valence-electron chi connectivity index (χ1n) is 7.77. The van der Waals surface area contributed by atoms with E-state index in [0.717, 1.165) is 38.1 Å². The lowest BCUT2D eigenvalue weighted by molar-refractivity contribution is -0.133. The number of rotatable bonds is 5. The van der Waals surface area contributed by atoms with E-state index in [2.05, 4.69) is 12.1 Å². The summed E-state index contributed by atoms with van der Waals surface area (Å²) in [5.74, 6) is 1.70. The minimum absolute atomic E-state index is 0.0867. The van der Waals surface area contributed by atoms with Crippen molar-refractivity contribution in [3.05, 3.63) is 29.8 Å². The molecule has 2 N–H and O–H groups in total. The van der Waals surface area contributed by atoms with Gasteiger partial charge >= 0.3 is 0 Å². The number of piperidine rings is 1. The fraction of sp³-hybridized carbons (Fsp3) is 0.588. The molecule has 1 saturated heterocycles. The van der Waals surface area contributed by atoms with Gasteiger partial charge in [-0.3, -0.25) is 4.79 Å². The molecule has 21 heavy (non-hydrogen) atoms. The number of benzene rings is 1. The molecule has 1 aromatic rings. The quantitative estimate of drug-likeness (QED) is 0.904. The molecule has 116 valence electrons. The van der Waals surface area contributed by atoms with E-state index >= 15 is 0 Å². The number of methoxy groups -OCH3 is 1. The molecule has 1 aliphatic rings. The third-order valence-corrected chi connectivity index (χ3v) is 4.32. The molecule has 1 aromatic carbocycles. The molecule has 0 bridgehead atoms. The highest BCUT2D eigenvalue weighted by atomic mass is 16.5. The summed E-state index contributed by atoms with van der Waals surface area (Å²) in [5, 5.41) is 0. The van der Waals surface area contributed by atoms with Gasteiger partial charge in [0, 0.05) is 13.1 Å². The summed E-state index contributed by atoms with van der Waals surface area (Å²) in [4.78, 5) is 13.7. The van der Waals surface area contributed by atoms with E-state index in [-0.39, 0.29) is 11.9 Å². The number of aryl methyl sites for hydroxylation is 1. The normalized spacial score (nSPS) is 17.6. The van der Waals surface area contributed by atoms with Crippen molar-refractivity contribution in [3.63, 3.8) is 0 Å². The lowest BCUT2D eigenvalue weighted by atomic mass is 9.90. The van der Waals surface area contributed by atoms with Crippen LogP contribution in [0.5, 0.6) is 5.75 Å². The number of hydrogen-bond donors (Lipinski definition) is 1. The van der Waals surface area contributed by atoms with Gasteiger partial charge in [-0.25, -0.2) is 0 Å². The Balaban J connectivity index is 1.74. The lowest BCUT2D eigenvalue weighted by Gasteiger charge is -2.33. The Bertz CT molecular complexity index is 448. The zero-order valence-electron chi connectivity index (χ0n) is 13.0. The second-order valence-electron chi connectivity index (χ2n) is 5.94. The highest BCUT2D eigenvalue weighted by Gasteiger charge is 2.24. The van der Waals surface area contributed by atoms with E-state index < -0.39 is 0 Å². The molecule has 0 spiro atoms. The largest absolute Gasteiger partial charge is 0.497 e. The molecular formula is C17H26N2O2. The molecule has 4 nitrogen and oxygen atoms in total. The molecule has 1 amide bonds. The van der Waals surface area contributed by atoms with Gasteiger partial charge in [0.2, 0.25) is 5.91 Å². The average molecular weight is 290 g/mol. The van der Waals surface area contributed by atoms with Crippen LogP contribution in [-0.2, 0) is 11.2 Å². The summed E-state index contributed by atoms with van der Waals surface area (Å²) in [6.45, 7) is 3.47. The fourth-order valence-electron chi connectivity index (χ4n) is 2.89. The van der Waals surface area contributed by atoms with E-state index in [1.54, 1.807) is 14.0 Å². The van der Waals surface area contributed by atoms with Crippen LogP contribution in [0.4, 0.5) is 0 Å². The lowest BCUT2D eigenvalue weighted by Crippen LogP contribution is -2.45. The first-order chi connectivity index (χ1) is 10.1. The summed E-state index contributed by atoms with van der Waals surface area (Å²) in [6, 6.07) is 7.92. The van der Waals surface area contributed by atoms with Crippen molar-refractivity contribution in [1.82, 2.24) is 4.90 Å². The Kier molecular flexibility index (Phi) is 5.62. The first-order valence-corrected chi connectivity index (χ1v) is 7.77. The van der Waals surface area contributed by atoms with Gasteiger partial charge in [-0.2, -0.15) is 0 Å². The molecule has 1 atom stereocenters. The van der Waals surface area contributed by atoms with E-state index in [1.165, 1.54) is 12.0 Å². The highest BCUT2D eigenvalue weighted by Crippen LogP contribution is 2.23. The number of carbonyl (C=O) groups excluding carboxylic acids is 1. The number of ether oxygens (including phenoxy) is 1. The third-order valence-electron chi connectivity index (χ3n) is 4.32. The topological polar surface area (TPSA) is 55.6 Å². The second kappa shape index (κ2) is 7.46. The Hall–Kier alpha value is -1.55. The van der Waals surface area contributed by atoms with Crippen molar-refractivity contribution < 1.29 is 9.53 Å². The van der Waals surface area contributed by atoms with E-state index in [9.17, 15) is 4.79 Å². The number of carbonyl (C=O) groups is 1. The van der Waals surface area contributed by atoms with Gasteiger partial charge in [-0.05, 0) is 56.2 Å². The summed E-state index contributed by atoms with van der Waals surface area (Å²) in [6.07, 6.45) is 4.46. The van der Waals surface area contributed by atoms with Crippen molar-refractivity contribution in [1.29, 1.82) is 0 Å². The van der Waals surface area contributed by atoms with Crippen molar-refractivity contribution in [2.75, 3.05) is 20.2 Å². The van der Waals surface area contributed by atoms with Gasteiger partial charge in [-0.1, -0.05) is 12.1 Å². The maximum atomic E-state index is 11.8. The smallest absolute Gasteiger partial charge is 0.239 e. The van der Waals surface area contributed by atoms with Crippen LogP contribution in [0.3, 0.4) is 0 Å². The summed E-state index contributed by atoms with van der Waals surface area (Å²) < 4.78 is 5.17.